The Labute approximate surface area is 41.2 Å². The number of rotatable bonds is 0. The first kappa shape index (κ1) is 3.15. The summed E-state index contributed by atoms with van der Waals surface area (Å²) in [6.07, 6.45) is 0. The van der Waals surface area contributed by atoms with Gasteiger partial charge < -0.3 is 0 Å². The molecule has 0 unspecified atom stereocenters. The fourth-order valence-corrected chi connectivity index (χ4v) is 3.10. The molecule has 2 aliphatic heterocycles. The van der Waals surface area contributed by atoms with Crippen LogP contribution in [-0.4, -0.2) is 29.8 Å². The number of carbonyl (C=O) groups excluding carboxylic acids is 1. The molecule has 30 valence electrons. The van der Waals surface area contributed by atoms with E-state index < -0.39 is 20.1 Å². The Balaban J connectivity index is 2.54. The molecule has 0 saturated carbocycles. The van der Waals surface area contributed by atoms with E-state index in [0.717, 1.165) is 0 Å². The fourth-order valence-electron chi connectivity index (χ4n) is 0.344. The molecule has 2 aliphatic rings. The maximum absolute atomic E-state index is 9.94. The first-order chi connectivity index (χ1) is 2.88. The zero-order valence-corrected chi connectivity index (χ0v) is 5.58. The van der Waals surface area contributed by atoms with E-state index in [4.69, 9.17) is 0 Å². The van der Waals surface area contributed by atoms with E-state index in [1.807, 2.05) is 0 Å². The predicted octanol–water partition coefficient (Wildman–Crippen LogP) is -1.23. The third-order valence-electron chi connectivity index (χ3n) is 0.709. The second-order valence-corrected chi connectivity index (χ2v) is 5.21. The Morgan fingerprint density at radius 3 is 2.33 bits per heavy atom. The van der Waals surface area contributed by atoms with Gasteiger partial charge in [0.05, 0.1) is 0 Å². The molecule has 0 atom stereocenters. The van der Waals surface area contributed by atoms with E-state index in [1.54, 1.807) is 0 Å². The molecule has 2 rings (SSSR count). The molecule has 0 saturated heterocycles. The first-order valence-corrected chi connectivity index (χ1v) is 5.28. The van der Waals surface area contributed by atoms with Gasteiger partial charge in [0.25, 0.3) is 0 Å². The van der Waals surface area contributed by atoms with Gasteiger partial charge in [-0.15, -0.1) is 0 Å². The average Bonchev–Trinajstić information content (AvgIpc) is 2.12. The Morgan fingerprint density at radius 2 is 2.33 bits per heavy atom. The quantitative estimate of drug-likeness (QED) is 0.450. The molecule has 0 amide bonds. The van der Waals surface area contributed by atoms with Crippen LogP contribution in [0.15, 0.2) is 0 Å². The fraction of sp³-hybridized carbons (Fsp3) is 0. The van der Waals surface area contributed by atoms with Gasteiger partial charge in [-0.05, 0) is 0 Å². The molecule has 0 radical (unpaired) electrons. The molecule has 0 bridgehead atoms. The Morgan fingerprint density at radius 1 is 1.50 bits per heavy atom. The summed E-state index contributed by atoms with van der Waals surface area (Å²) in [6, 6.07) is 0. The summed E-state index contributed by atoms with van der Waals surface area (Å²) >= 11 is -1.74. The minimum atomic E-state index is -1.74. The third kappa shape index (κ3) is 0.198. The number of hydrogen-bond acceptors (Lipinski definition) is 3. The molecule has 0 aromatic carbocycles. The zero-order valence-electron chi connectivity index (χ0n) is 2.72. The molecule has 0 aromatic heterocycles. The predicted molar refractivity (Wildman–Crippen MR) is 17.9 cm³/mol. The van der Waals surface area contributed by atoms with Gasteiger partial charge in [0.1, 0.15) is 0 Å². The molecule has 6 heavy (non-hydrogen) atoms. The van der Waals surface area contributed by atoms with Crippen LogP contribution in [0.4, 0.5) is 0 Å². The van der Waals surface area contributed by atoms with Crippen molar-refractivity contribution in [2.75, 3.05) is 0 Å². The Bertz CT molecular complexity index is 153. The van der Waals surface area contributed by atoms with Crippen LogP contribution >= 0.6 is 0 Å². The third-order valence-corrected chi connectivity index (χ3v) is 4.28. The van der Waals surface area contributed by atoms with Gasteiger partial charge in [0, 0.05) is 0 Å². The van der Waals surface area contributed by atoms with E-state index in [2.05, 4.69) is 6.15 Å². The van der Waals surface area contributed by atoms with Crippen molar-refractivity contribution >= 4 is 29.8 Å². The molecule has 3 nitrogen and oxygen atoms in total. The van der Waals surface area contributed by atoms with E-state index in [9.17, 15) is 4.79 Å². The van der Waals surface area contributed by atoms with Crippen LogP contribution in [0.3, 0.4) is 0 Å². The van der Waals surface area contributed by atoms with Crippen LogP contribution in [0.1, 0.15) is 0 Å². The van der Waals surface area contributed by atoms with Crippen molar-refractivity contribution in [2.45, 2.75) is 0 Å². The summed E-state index contributed by atoms with van der Waals surface area (Å²) < 4.78 is 9.89. The number of carbonyl (C=O) groups is 1. The first-order valence-electron chi connectivity index (χ1n) is 1.52. The maximum atomic E-state index is 9.94. The average molecular weight is 191 g/mol. The summed E-state index contributed by atoms with van der Waals surface area (Å²) in [4.78, 5) is 9.94. The van der Waals surface area contributed by atoms with Crippen LogP contribution in [0.5, 0.6) is 0 Å². The molecular formula is C2O3Sn. The van der Waals surface area contributed by atoms with Gasteiger partial charge in [-0.2, -0.15) is 0 Å². The molecule has 0 N–H and O–H groups in total. The normalized spacial score (nSPS) is 25.0. The topological polar surface area (TPSA) is 38.8 Å². The molecule has 0 aliphatic carbocycles. The van der Waals surface area contributed by atoms with Gasteiger partial charge in [-0.25, -0.2) is 0 Å². The van der Waals surface area contributed by atoms with Crippen LogP contribution in [0, 0.1) is 0 Å². The van der Waals surface area contributed by atoms with Crippen molar-refractivity contribution in [1.82, 2.24) is 0 Å². The van der Waals surface area contributed by atoms with Crippen LogP contribution in [-0.2, 0) is 10.9 Å². The van der Waals surface area contributed by atoms with E-state index in [-0.39, 0.29) is 5.97 Å². The van der Waals surface area contributed by atoms with Crippen molar-refractivity contribution < 1.29 is 10.9 Å². The van der Waals surface area contributed by atoms with Gasteiger partial charge in [-0.3, -0.25) is 0 Å². The SMILES string of the molecule is O=C1[O][Sn]2=[C]1[O]2. The van der Waals surface area contributed by atoms with Gasteiger partial charge in [0.15, 0.2) is 0 Å². The monoisotopic (exact) mass is 192 g/mol. The van der Waals surface area contributed by atoms with Gasteiger partial charge in [-0.1, -0.05) is 0 Å². The van der Waals surface area contributed by atoms with Gasteiger partial charge >= 0.3 is 40.7 Å². The molecule has 0 fully saturated rings. The van der Waals surface area contributed by atoms with Crippen molar-refractivity contribution in [3.63, 3.8) is 0 Å². The zero-order chi connectivity index (χ0) is 4.15. The Kier molecular flexibility index (Phi) is 0.365. The second-order valence-electron chi connectivity index (χ2n) is 1.11. The van der Waals surface area contributed by atoms with E-state index in [0.29, 0.717) is 3.70 Å². The molecule has 2 heterocycles. The summed E-state index contributed by atoms with van der Waals surface area (Å²) in [7, 11) is 0. The standard InChI is InChI=1S/C2HO3.Sn/c3-1-2(4)5;/h(H,4,5);/q-1;+2/p-1. The van der Waals surface area contributed by atoms with Crippen molar-refractivity contribution in [3.05, 3.63) is 0 Å². The molecule has 0 aromatic rings. The van der Waals surface area contributed by atoms with Crippen molar-refractivity contribution in [1.29, 1.82) is 0 Å². The van der Waals surface area contributed by atoms with Crippen molar-refractivity contribution in [3.8, 4) is 0 Å². The summed E-state index contributed by atoms with van der Waals surface area (Å²) in [5.41, 5.74) is 0. The summed E-state index contributed by atoms with van der Waals surface area (Å²) in [6.45, 7) is 0. The van der Waals surface area contributed by atoms with Crippen LogP contribution in [0.25, 0.3) is 0 Å². The summed E-state index contributed by atoms with van der Waals surface area (Å²) in [5.74, 6) is -0.204. The minimum absolute atomic E-state index is 0.204. The summed E-state index contributed by atoms with van der Waals surface area (Å²) in [5, 5.41) is 0. The van der Waals surface area contributed by atoms with Crippen LogP contribution in [0.2, 0.25) is 0 Å². The molecule has 4 heteroatoms. The second kappa shape index (κ2) is 0.695. The van der Waals surface area contributed by atoms with E-state index in [1.165, 1.54) is 0 Å². The Hall–Kier alpha value is 0.0987. The van der Waals surface area contributed by atoms with Crippen molar-refractivity contribution in [2.24, 2.45) is 0 Å². The van der Waals surface area contributed by atoms with Gasteiger partial charge in [0.2, 0.25) is 0 Å². The number of hydrogen-bond donors (Lipinski definition) is 0. The van der Waals surface area contributed by atoms with E-state index >= 15 is 0 Å². The van der Waals surface area contributed by atoms with Crippen LogP contribution < -0.4 is 0 Å². The molecular weight excluding hydrogens is 191 g/mol. The molecule has 0 spiro atoms.